The third kappa shape index (κ3) is 3.13. The molecule has 126 valence electrons. The maximum Gasteiger partial charge on any atom is 0.265 e. The fourth-order valence-corrected chi connectivity index (χ4v) is 3.33. The molecule has 8 heteroatoms. The SMILES string of the molecule is COc1cccc(NS(=O)(=O)c2ccc3c(c2)NC(=O)C(C)O3)c1. The zero-order chi connectivity index (χ0) is 17.3. The van der Waals surface area contributed by atoms with Crippen LogP contribution in [-0.4, -0.2) is 27.5 Å². The van der Waals surface area contributed by atoms with E-state index < -0.39 is 16.1 Å². The van der Waals surface area contributed by atoms with E-state index in [0.717, 1.165) is 0 Å². The third-order valence-corrected chi connectivity index (χ3v) is 4.89. The van der Waals surface area contributed by atoms with Crippen LogP contribution >= 0.6 is 0 Å². The van der Waals surface area contributed by atoms with Gasteiger partial charge >= 0.3 is 0 Å². The molecule has 0 aromatic heterocycles. The minimum Gasteiger partial charge on any atom is -0.497 e. The van der Waals surface area contributed by atoms with Crippen molar-refractivity contribution in [1.29, 1.82) is 0 Å². The standard InChI is InChI=1S/C16H16N2O5S/c1-10-16(19)17-14-9-13(6-7-15(14)23-10)24(20,21)18-11-4-3-5-12(8-11)22-2/h3-10,18H,1-2H3,(H,17,19). The molecule has 2 aromatic rings. The highest BCUT2D eigenvalue weighted by molar-refractivity contribution is 7.92. The summed E-state index contributed by atoms with van der Waals surface area (Å²) in [5.41, 5.74) is 0.701. The first-order valence-corrected chi connectivity index (χ1v) is 8.66. The molecule has 24 heavy (non-hydrogen) atoms. The number of nitrogens with one attached hydrogen (secondary N) is 2. The number of fused-ring (bicyclic) bond motifs is 1. The lowest BCUT2D eigenvalue weighted by atomic mass is 10.2. The first kappa shape index (κ1) is 16.1. The van der Waals surface area contributed by atoms with E-state index in [9.17, 15) is 13.2 Å². The van der Waals surface area contributed by atoms with Gasteiger partial charge in [-0.1, -0.05) is 6.07 Å². The van der Waals surface area contributed by atoms with Crippen LogP contribution in [0.4, 0.5) is 11.4 Å². The quantitative estimate of drug-likeness (QED) is 0.883. The summed E-state index contributed by atoms with van der Waals surface area (Å²) >= 11 is 0. The predicted octanol–water partition coefficient (Wildman–Crippen LogP) is 2.22. The Morgan fingerprint density at radius 1 is 1.21 bits per heavy atom. The monoisotopic (exact) mass is 348 g/mol. The second-order valence-electron chi connectivity index (χ2n) is 5.24. The Labute approximate surface area is 139 Å². The lowest BCUT2D eigenvalue weighted by Gasteiger charge is -2.23. The van der Waals surface area contributed by atoms with Crippen LogP contribution in [-0.2, 0) is 14.8 Å². The van der Waals surface area contributed by atoms with Gasteiger partial charge in [-0.25, -0.2) is 8.42 Å². The number of benzene rings is 2. The molecule has 7 nitrogen and oxygen atoms in total. The van der Waals surface area contributed by atoms with E-state index in [2.05, 4.69) is 10.0 Å². The van der Waals surface area contributed by atoms with Gasteiger partial charge in [-0.05, 0) is 37.3 Å². The van der Waals surface area contributed by atoms with Crippen LogP contribution in [0, 0.1) is 0 Å². The highest BCUT2D eigenvalue weighted by Crippen LogP contribution is 2.32. The number of carbonyl (C=O) groups excluding carboxylic acids is 1. The first-order chi connectivity index (χ1) is 11.4. The number of hydrogen-bond donors (Lipinski definition) is 2. The Morgan fingerprint density at radius 2 is 2.00 bits per heavy atom. The molecule has 1 aliphatic heterocycles. The highest BCUT2D eigenvalue weighted by atomic mass is 32.2. The zero-order valence-corrected chi connectivity index (χ0v) is 13.9. The summed E-state index contributed by atoms with van der Waals surface area (Å²) in [4.78, 5) is 11.7. The van der Waals surface area contributed by atoms with Crippen molar-refractivity contribution in [3.8, 4) is 11.5 Å². The van der Waals surface area contributed by atoms with E-state index in [1.54, 1.807) is 31.2 Å². The largest absolute Gasteiger partial charge is 0.497 e. The molecule has 1 atom stereocenters. The lowest BCUT2D eigenvalue weighted by Crippen LogP contribution is -2.34. The van der Waals surface area contributed by atoms with Gasteiger partial charge < -0.3 is 14.8 Å². The van der Waals surface area contributed by atoms with Crippen LogP contribution in [0.15, 0.2) is 47.4 Å². The number of methoxy groups -OCH3 is 1. The molecular formula is C16H16N2O5S. The summed E-state index contributed by atoms with van der Waals surface area (Å²) in [5, 5.41) is 2.63. The van der Waals surface area contributed by atoms with E-state index in [4.69, 9.17) is 9.47 Å². The molecule has 0 fully saturated rings. The summed E-state index contributed by atoms with van der Waals surface area (Å²) < 4.78 is 38.0. The summed E-state index contributed by atoms with van der Waals surface area (Å²) in [7, 11) is -2.31. The average molecular weight is 348 g/mol. The molecular weight excluding hydrogens is 332 g/mol. The van der Waals surface area contributed by atoms with Gasteiger partial charge in [0.05, 0.1) is 23.4 Å². The fourth-order valence-electron chi connectivity index (χ4n) is 2.26. The zero-order valence-electron chi connectivity index (χ0n) is 13.1. The topological polar surface area (TPSA) is 93.7 Å². The number of sulfonamides is 1. The van der Waals surface area contributed by atoms with Gasteiger partial charge in [-0.2, -0.15) is 0 Å². The molecule has 2 N–H and O–H groups in total. The Bertz CT molecular complexity index is 895. The summed E-state index contributed by atoms with van der Waals surface area (Å²) in [6.07, 6.45) is -0.616. The van der Waals surface area contributed by atoms with E-state index >= 15 is 0 Å². The van der Waals surface area contributed by atoms with Crippen molar-refractivity contribution < 1.29 is 22.7 Å². The Balaban J connectivity index is 1.90. The van der Waals surface area contributed by atoms with Gasteiger partial charge in [0.2, 0.25) is 0 Å². The molecule has 1 heterocycles. The normalized spacial score (nSPS) is 16.6. The van der Waals surface area contributed by atoms with Crippen LogP contribution in [0.25, 0.3) is 0 Å². The fraction of sp³-hybridized carbons (Fsp3) is 0.188. The van der Waals surface area contributed by atoms with Crippen LogP contribution in [0.1, 0.15) is 6.92 Å². The van der Waals surface area contributed by atoms with E-state index in [1.165, 1.54) is 25.3 Å². The molecule has 1 amide bonds. The van der Waals surface area contributed by atoms with Crippen molar-refractivity contribution in [2.45, 2.75) is 17.9 Å². The minimum atomic E-state index is -3.82. The molecule has 0 spiro atoms. The molecule has 0 radical (unpaired) electrons. The van der Waals surface area contributed by atoms with Crippen molar-refractivity contribution in [3.05, 3.63) is 42.5 Å². The van der Waals surface area contributed by atoms with Crippen molar-refractivity contribution in [2.75, 3.05) is 17.1 Å². The van der Waals surface area contributed by atoms with Crippen molar-refractivity contribution in [1.82, 2.24) is 0 Å². The number of hydrogen-bond acceptors (Lipinski definition) is 5. The van der Waals surface area contributed by atoms with Gasteiger partial charge in [0.15, 0.2) is 6.10 Å². The predicted molar refractivity (Wildman–Crippen MR) is 89.0 cm³/mol. The summed E-state index contributed by atoms with van der Waals surface area (Å²) in [6.45, 7) is 1.62. The van der Waals surface area contributed by atoms with E-state index in [1.807, 2.05) is 0 Å². The second-order valence-corrected chi connectivity index (χ2v) is 6.93. The van der Waals surface area contributed by atoms with Crippen LogP contribution < -0.4 is 19.5 Å². The van der Waals surface area contributed by atoms with Gasteiger partial charge in [0, 0.05) is 6.07 Å². The van der Waals surface area contributed by atoms with Crippen molar-refractivity contribution in [3.63, 3.8) is 0 Å². The molecule has 0 saturated carbocycles. The van der Waals surface area contributed by atoms with Gasteiger partial charge in [0.25, 0.3) is 15.9 Å². The van der Waals surface area contributed by atoms with E-state index in [-0.39, 0.29) is 10.8 Å². The smallest absolute Gasteiger partial charge is 0.265 e. The van der Waals surface area contributed by atoms with Crippen molar-refractivity contribution in [2.24, 2.45) is 0 Å². The van der Waals surface area contributed by atoms with Crippen LogP contribution in [0.2, 0.25) is 0 Å². The average Bonchev–Trinajstić information content (AvgIpc) is 2.55. The molecule has 1 aliphatic rings. The van der Waals surface area contributed by atoms with E-state index in [0.29, 0.717) is 22.9 Å². The number of rotatable bonds is 4. The Hall–Kier alpha value is -2.74. The highest BCUT2D eigenvalue weighted by Gasteiger charge is 2.25. The van der Waals surface area contributed by atoms with Gasteiger partial charge in [-0.15, -0.1) is 0 Å². The number of amides is 1. The molecule has 0 aliphatic carbocycles. The number of carbonyl (C=O) groups is 1. The van der Waals surface area contributed by atoms with Crippen LogP contribution in [0.5, 0.6) is 11.5 Å². The van der Waals surface area contributed by atoms with Gasteiger partial charge in [0.1, 0.15) is 11.5 Å². The summed E-state index contributed by atoms with van der Waals surface area (Å²) in [5.74, 6) is 0.649. The maximum absolute atomic E-state index is 12.5. The lowest BCUT2D eigenvalue weighted by molar-refractivity contribution is -0.122. The molecule has 1 unspecified atom stereocenters. The minimum absolute atomic E-state index is 0.0162. The summed E-state index contributed by atoms with van der Waals surface area (Å²) in [6, 6.07) is 10.9. The Kier molecular flexibility index (Phi) is 4.06. The number of ether oxygens (including phenoxy) is 2. The Morgan fingerprint density at radius 3 is 2.75 bits per heavy atom. The van der Waals surface area contributed by atoms with Gasteiger partial charge in [-0.3, -0.25) is 9.52 Å². The molecule has 3 rings (SSSR count). The van der Waals surface area contributed by atoms with Crippen LogP contribution in [0.3, 0.4) is 0 Å². The van der Waals surface area contributed by atoms with Crippen molar-refractivity contribution >= 4 is 27.3 Å². The molecule has 2 aromatic carbocycles. The second kappa shape index (κ2) is 6.04. The molecule has 0 saturated heterocycles. The number of anilines is 2. The molecule has 0 bridgehead atoms. The first-order valence-electron chi connectivity index (χ1n) is 7.17. The third-order valence-electron chi connectivity index (χ3n) is 3.51. The maximum atomic E-state index is 12.5.